The van der Waals surface area contributed by atoms with Crippen molar-refractivity contribution in [1.29, 1.82) is 5.26 Å². The first kappa shape index (κ1) is 18.3. The van der Waals surface area contributed by atoms with E-state index in [-0.39, 0.29) is 5.56 Å². The number of aryl methyl sites for hydroxylation is 1. The number of carboxylic acid groups (broad SMARTS) is 1. The molecular formula is C23H17N4O2-. The summed E-state index contributed by atoms with van der Waals surface area (Å²) in [4.78, 5) is 19.2. The first-order valence-electron chi connectivity index (χ1n) is 9.06. The lowest BCUT2D eigenvalue weighted by Gasteiger charge is -2.15. The standard InChI is InChI=1S/C23H18N4O2/c1-14-11-16(15(2)27(14)21-10-6-3-7-18(21)23(28)29)12-17(13-24)22-25-19-8-4-5-9-20(19)26-22/h3-12H,1-2H3,(H,25,26)(H,28,29)/p-1/b17-12-. The number of carboxylic acids is 1. The minimum Gasteiger partial charge on any atom is -0.545 e. The number of aromatic amines is 1. The fraction of sp³-hybridized carbons (Fsp3) is 0.0870. The lowest BCUT2D eigenvalue weighted by molar-refractivity contribution is -0.255. The predicted molar refractivity (Wildman–Crippen MR) is 109 cm³/mol. The van der Waals surface area contributed by atoms with Crippen LogP contribution < -0.4 is 5.11 Å². The lowest BCUT2D eigenvalue weighted by atomic mass is 10.1. The second-order valence-corrected chi connectivity index (χ2v) is 6.74. The van der Waals surface area contributed by atoms with E-state index in [0.29, 0.717) is 17.1 Å². The Labute approximate surface area is 167 Å². The largest absolute Gasteiger partial charge is 0.545 e. The predicted octanol–water partition coefficient (Wildman–Crippen LogP) is 3.40. The fourth-order valence-corrected chi connectivity index (χ4v) is 3.54. The quantitative estimate of drug-likeness (QED) is 0.548. The van der Waals surface area contributed by atoms with Gasteiger partial charge in [-0.3, -0.25) is 0 Å². The van der Waals surface area contributed by atoms with Gasteiger partial charge < -0.3 is 19.5 Å². The number of hydrogen-bond acceptors (Lipinski definition) is 4. The summed E-state index contributed by atoms with van der Waals surface area (Å²) in [5, 5.41) is 21.2. The number of imidazole rings is 1. The van der Waals surface area contributed by atoms with Crippen molar-refractivity contribution < 1.29 is 9.90 Å². The molecule has 2 aromatic carbocycles. The van der Waals surface area contributed by atoms with Crippen molar-refractivity contribution in [2.75, 3.05) is 0 Å². The van der Waals surface area contributed by atoms with E-state index in [0.717, 1.165) is 28.0 Å². The third-order valence-electron chi connectivity index (χ3n) is 4.90. The van der Waals surface area contributed by atoms with Crippen molar-refractivity contribution in [1.82, 2.24) is 14.5 Å². The van der Waals surface area contributed by atoms with Gasteiger partial charge in [-0.2, -0.15) is 5.26 Å². The maximum atomic E-state index is 11.5. The average molecular weight is 381 g/mol. The smallest absolute Gasteiger partial charge is 0.149 e. The number of benzene rings is 2. The number of H-pyrrole nitrogens is 1. The van der Waals surface area contributed by atoms with Crippen LogP contribution in [0.15, 0.2) is 54.6 Å². The molecule has 0 saturated heterocycles. The molecule has 0 aliphatic carbocycles. The van der Waals surface area contributed by atoms with Crippen molar-refractivity contribution in [2.24, 2.45) is 0 Å². The summed E-state index contributed by atoms with van der Waals surface area (Å²) < 4.78 is 1.85. The molecular weight excluding hydrogens is 364 g/mol. The number of fused-ring (bicyclic) bond motifs is 1. The summed E-state index contributed by atoms with van der Waals surface area (Å²) in [5.74, 6) is -0.737. The number of aromatic carboxylic acids is 1. The number of nitrogens with one attached hydrogen (secondary N) is 1. The zero-order valence-corrected chi connectivity index (χ0v) is 15.9. The number of aromatic nitrogens is 3. The van der Waals surface area contributed by atoms with Crippen LogP contribution >= 0.6 is 0 Å². The molecule has 6 heteroatoms. The van der Waals surface area contributed by atoms with Gasteiger partial charge in [0.2, 0.25) is 0 Å². The SMILES string of the molecule is Cc1cc(/C=C(/C#N)c2nc3ccccc3[nH]2)c(C)n1-c1ccccc1C(=O)[O-]. The molecule has 1 N–H and O–H groups in total. The minimum absolute atomic E-state index is 0.114. The number of rotatable bonds is 4. The highest BCUT2D eigenvalue weighted by molar-refractivity contribution is 5.92. The van der Waals surface area contributed by atoms with E-state index >= 15 is 0 Å². The van der Waals surface area contributed by atoms with Crippen LogP contribution in [0.3, 0.4) is 0 Å². The summed E-state index contributed by atoms with van der Waals surface area (Å²) in [6.07, 6.45) is 1.76. The van der Waals surface area contributed by atoms with E-state index in [1.54, 1.807) is 24.3 Å². The molecule has 0 saturated carbocycles. The van der Waals surface area contributed by atoms with Gasteiger partial charge in [-0.25, -0.2) is 4.98 Å². The van der Waals surface area contributed by atoms with E-state index in [9.17, 15) is 15.2 Å². The van der Waals surface area contributed by atoms with Crippen LogP contribution in [0.4, 0.5) is 0 Å². The molecule has 4 aromatic rings. The van der Waals surface area contributed by atoms with Gasteiger partial charge in [-0.05, 0) is 49.8 Å². The van der Waals surface area contributed by atoms with Crippen LogP contribution in [0.25, 0.3) is 28.4 Å². The summed E-state index contributed by atoms with van der Waals surface area (Å²) in [7, 11) is 0. The van der Waals surface area contributed by atoms with Gasteiger partial charge in [0.15, 0.2) is 0 Å². The van der Waals surface area contributed by atoms with Crippen molar-refractivity contribution >= 4 is 28.7 Å². The van der Waals surface area contributed by atoms with Crippen molar-refractivity contribution in [3.63, 3.8) is 0 Å². The van der Waals surface area contributed by atoms with Crippen LogP contribution in [0.1, 0.15) is 33.1 Å². The number of para-hydroxylation sites is 3. The monoisotopic (exact) mass is 381 g/mol. The first-order chi connectivity index (χ1) is 14.0. The van der Waals surface area contributed by atoms with Gasteiger partial charge >= 0.3 is 0 Å². The van der Waals surface area contributed by atoms with Crippen molar-refractivity contribution in [3.05, 3.63) is 82.9 Å². The highest BCUT2D eigenvalue weighted by atomic mass is 16.4. The van der Waals surface area contributed by atoms with E-state index in [2.05, 4.69) is 16.0 Å². The Kier molecular flexibility index (Phi) is 4.49. The molecule has 0 amide bonds. The molecule has 0 fully saturated rings. The molecule has 0 spiro atoms. The van der Waals surface area contributed by atoms with Gasteiger partial charge in [-0.15, -0.1) is 0 Å². The molecule has 0 atom stereocenters. The fourth-order valence-electron chi connectivity index (χ4n) is 3.54. The highest BCUT2D eigenvalue weighted by Gasteiger charge is 2.15. The molecule has 0 radical (unpaired) electrons. The number of nitriles is 1. The molecule has 4 rings (SSSR count). The molecule has 6 nitrogen and oxygen atoms in total. The molecule has 0 aliphatic heterocycles. The average Bonchev–Trinajstić information content (AvgIpc) is 3.26. The number of hydrogen-bond donors (Lipinski definition) is 1. The molecule has 29 heavy (non-hydrogen) atoms. The van der Waals surface area contributed by atoms with Gasteiger partial charge in [0.05, 0.1) is 28.3 Å². The number of carbonyl (C=O) groups is 1. The van der Waals surface area contributed by atoms with Gasteiger partial charge in [-0.1, -0.05) is 30.3 Å². The Bertz CT molecular complexity index is 1290. The Balaban J connectivity index is 1.84. The van der Waals surface area contributed by atoms with Crippen LogP contribution in [0.5, 0.6) is 0 Å². The van der Waals surface area contributed by atoms with Crippen molar-refractivity contribution in [2.45, 2.75) is 13.8 Å². The van der Waals surface area contributed by atoms with E-state index < -0.39 is 5.97 Å². The third-order valence-corrected chi connectivity index (χ3v) is 4.90. The number of nitrogens with zero attached hydrogens (tertiary/aromatic N) is 3. The van der Waals surface area contributed by atoms with Crippen LogP contribution in [-0.4, -0.2) is 20.5 Å². The van der Waals surface area contributed by atoms with E-state index in [1.165, 1.54) is 6.07 Å². The second-order valence-electron chi connectivity index (χ2n) is 6.74. The molecule has 0 unspecified atom stereocenters. The van der Waals surface area contributed by atoms with Gasteiger partial charge in [0.1, 0.15) is 11.9 Å². The molecule has 2 heterocycles. The molecule has 2 aromatic heterocycles. The first-order valence-corrected chi connectivity index (χ1v) is 9.06. The Morgan fingerprint density at radius 3 is 2.62 bits per heavy atom. The van der Waals surface area contributed by atoms with Crippen molar-refractivity contribution in [3.8, 4) is 11.8 Å². The zero-order valence-electron chi connectivity index (χ0n) is 15.9. The topological polar surface area (TPSA) is 97.5 Å². The maximum absolute atomic E-state index is 11.5. The maximum Gasteiger partial charge on any atom is 0.149 e. The van der Waals surface area contributed by atoms with E-state index in [1.807, 2.05) is 48.7 Å². The Hall–Kier alpha value is -4.11. The zero-order chi connectivity index (χ0) is 20.5. The van der Waals surface area contributed by atoms with Gasteiger partial charge in [0, 0.05) is 17.0 Å². The summed E-state index contributed by atoms with van der Waals surface area (Å²) in [6, 6.07) is 18.4. The van der Waals surface area contributed by atoms with Crippen LogP contribution in [-0.2, 0) is 0 Å². The highest BCUT2D eigenvalue weighted by Crippen LogP contribution is 2.27. The minimum atomic E-state index is -1.23. The van der Waals surface area contributed by atoms with Crippen LogP contribution in [0, 0.1) is 25.2 Å². The second kappa shape index (κ2) is 7.13. The molecule has 142 valence electrons. The summed E-state index contributed by atoms with van der Waals surface area (Å²) in [5.41, 5.74) is 5.17. The number of carbonyl (C=O) groups excluding carboxylic acids is 1. The van der Waals surface area contributed by atoms with Gasteiger partial charge in [0.25, 0.3) is 0 Å². The summed E-state index contributed by atoms with van der Waals surface area (Å²) >= 11 is 0. The number of allylic oxidation sites excluding steroid dienone is 1. The normalized spacial score (nSPS) is 11.6. The lowest BCUT2D eigenvalue weighted by Crippen LogP contribution is -2.24. The Morgan fingerprint density at radius 1 is 1.17 bits per heavy atom. The third kappa shape index (κ3) is 3.19. The molecule has 0 aliphatic rings. The van der Waals surface area contributed by atoms with E-state index in [4.69, 9.17) is 0 Å². The van der Waals surface area contributed by atoms with Crippen LogP contribution in [0.2, 0.25) is 0 Å². The summed E-state index contributed by atoms with van der Waals surface area (Å²) in [6.45, 7) is 3.78. The Morgan fingerprint density at radius 2 is 1.90 bits per heavy atom. The molecule has 0 bridgehead atoms.